The first-order chi connectivity index (χ1) is 12.2. The summed E-state index contributed by atoms with van der Waals surface area (Å²) in [6.45, 7) is 0. The average molecular weight is 337 g/mol. The monoisotopic (exact) mass is 337 g/mol. The molecule has 1 aromatic carbocycles. The number of nitrogens with one attached hydrogen (secondary N) is 2. The number of nitrogen functional groups attached to an aromatic ring is 1. The molecule has 25 heavy (non-hydrogen) atoms. The first-order valence-corrected chi connectivity index (χ1v) is 7.75. The van der Waals surface area contributed by atoms with E-state index in [2.05, 4.69) is 20.3 Å². The van der Waals surface area contributed by atoms with Gasteiger partial charge in [-0.3, -0.25) is 9.78 Å². The second kappa shape index (κ2) is 6.09. The summed E-state index contributed by atoms with van der Waals surface area (Å²) in [5.41, 5.74) is 9.60. The van der Waals surface area contributed by atoms with E-state index < -0.39 is 0 Å². The van der Waals surface area contributed by atoms with Crippen molar-refractivity contribution >= 4 is 28.3 Å². The second-order valence-corrected chi connectivity index (χ2v) is 5.63. The number of benzene rings is 1. The van der Waals surface area contributed by atoms with Crippen LogP contribution in [0.5, 0.6) is 0 Å². The highest BCUT2D eigenvalue weighted by Gasteiger charge is 2.13. The molecule has 0 aliphatic carbocycles. The molecule has 130 valence electrons. The molecule has 0 unspecified atom stereocenters. The Hall–Kier alpha value is -3.67. The molecular weight excluding hydrogens is 314 g/mol. The fraction of sp³-hybridized carbons (Fsp3) is 0. The standard InChI is InChI=1S/C19H15N5O.4H2/c20-18-16(9-14(11-23-18)13-2-1-6-21-10-13)19(25)24-15-3-4-17-12(8-15)5-7-22-17;;;;/h1-11,22H,(H2,20,23)(H,24,25);4*1H. The van der Waals surface area contributed by atoms with Gasteiger partial charge in [0.15, 0.2) is 0 Å². The number of pyridine rings is 2. The molecule has 4 rings (SSSR count). The van der Waals surface area contributed by atoms with Crippen molar-refractivity contribution in [3.05, 3.63) is 72.8 Å². The lowest BCUT2D eigenvalue weighted by atomic mass is 10.1. The Morgan fingerprint density at radius 2 is 2.04 bits per heavy atom. The maximum absolute atomic E-state index is 12.6. The Kier molecular flexibility index (Phi) is 3.63. The molecule has 1 amide bonds. The van der Waals surface area contributed by atoms with Gasteiger partial charge in [-0.2, -0.15) is 0 Å². The predicted molar refractivity (Wildman–Crippen MR) is 107 cm³/mol. The van der Waals surface area contributed by atoms with Gasteiger partial charge in [0, 0.05) is 58.2 Å². The van der Waals surface area contributed by atoms with Crippen LogP contribution in [0.25, 0.3) is 22.0 Å². The molecule has 6 heteroatoms. The molecule has 3 aromatic heterocycles. The molecular formula is C19H23N5O. The number of anilines is 2. The highest BCUT2D eigenvalue weighted by Crippen LogP contribution is 2.23. The Bertz CT molecular complexity index is 1070. The highest BCUT2D eigenvalue weighted by atomic mass is 16.1. The van der Waals surface area contributed by atoms with Crippen molar-refractivity contribution in [1.29, 1.82) is 0 Å². The molecule has 0 aliphatic heterocycles. The van der Waals surface area contributed by atoms with Crippen LogP contribution in [-0.2, 0) is 0 Å². The average Bonchev–Trinajstić information content (AvgIpc) is 3.10. The zero-order valence-corrected chi connectivity index (χ0v) is 13.2. The summed E-state index contributed by atoms with van der Waals surface area (Å²) in [6, 6.07) is 13.1. The maximum atomic E-state index is 12.6. The minimum atomic E-state index is -0.300. The normalized spacial score (nSPS) is 10.7. The van der Waals surface area contributed by atoms with E-state index in [0.717, 1.165) is 22.0 Å². The molecule has 0 fully saturated rings. The number of aromatic nitrogens is 3. The Labute approximate surface area is 149 Å². The molecule has 4 aromatic rings. The summed E-state index contributed by atoms with van der Waals surface area (Å²) in [6.07, 6.45) is 6.90. The van der Waals surface area contributed by atoms with Crippen LogP contribution >= 0.6 is 0 Å². The second-order valence-electron chi connectivity index (χ2n) is 5.63. The Morgan fingerprint density at radius 1 is 1.12 bits per heavy atom. The third-order valence-corrected chi connectivity index (χ3v) is 3.97. The van der Waals surface area contributed by atoms with Crippen molar-refractivity contribution in [3.63, 3.8) is 0 Å². The third kappa shape index (κ3) is 2.92. The van der Waals surface area contributed by atoms with Crippen molar-refractivity contribution in [2.24, 2.45) is 0 Å². The number of hydrogen-bond donors (Lipinski definition) is 3. The lowest BCUT2D eigenvalue weighted by Crippen LogP contribution is -2.15. The van der Waals surface area contributed by atoms with Crippen molar-refractivity contribution in [1.82, 2.24) is 15.0 Å². The van der Waals surface area contributed by atoms with E-state index in [9.17, 15) is 4.79 Å². The number of H-pyrrole nitrogens is 1. The first kappa shape index (κ1) is 14.9. The van der Waals surface area contributed by atoms with Crippen LogP contribution in [0, 0.1) is 0 Å². The number of amides is 1. The van der Waals surface area contributed by atoms with Crippen molar-refractivity contribution in [2.45, 2.75) is 0 Å². The number of nitrogens with two attached hydrogens (primary N) is 1. The molecule has 0 radical (unpaired) electrons. The fourth-order valence-electron chi connectivity index (χ4n) is 2.68. The van der Waals surface area contributed by atoms with Crippen molar-refractivity contribution in [2.75, 3.05) is 11.1 Å². The molecule has 4 N–H and O–H groups in total. The summed E-state index contributed by atoms with van der Waals surface area (Å²) in [5.74, 6) is -0.113. The number of aromatic amines is 1. The summed E-state index contributed by atoms with van der Waals surface area (Å²) in [7, 11) is 0. The molecule has 0 bridgehead atoms. The number of carbonyl (C=O) groups is 1. The van der Waals surface area contributed by atoms with Gasteiger partial charge in [-0.25, -0.2) is 4.98 Å². The zero-order valence-electron chi connectivity index (χ0n) is 13.2. The highest BCUT2D eigenvalue weighted by molar-refractivity contribution is 6.08. The minimum absolute atomic E-state index is 0. The van der Waals surface area contributed by atoms with Gasteiger partial charge < -0.3 is 16.0 Å². The lowest BCUT2D eigenvalue weighted by molar-refractivity contribution is 0.102. The smallest absolute Gasteiger partial charge is 0.259 e. The molecule has 0 saturated carbocycles. The van der Waals surface area contributed by atoms with E-state index >= 15 is 0 Å². The van der Waals surface area contributed by atoms with Crippen LogP contribution in [0.4, 0.5) is 11.5 Å². The van der Waals surface area contributed by atoms with Crippen LogP contribution in [0.2, 0.25) is 0 Å². The molecule has 0 aliphatic rings. The van der Waals surface area contributed by atoms with Gasteiger partial charge in [-0.15, -0.1) is 0 Å². The quantitative estimate of drug-likeness (QED) is 0.515. The van der Waals surface area contributed by atoms with E-state index in [-0.39, 0.29) is 17.4 Å². The van der Waals surface area contributed by atoms with Crippen LogP contribution in [-0.4, -0.2) is 20.9 Å². The Balaban J connectivity index is 0.00000196. The van der Waals surface area contributed by atoms with E-state index in [4.69, 9.17) is 5.73 Å². The molecule has 3 heterocycles. The maximum Gasteiger partial charge on any atom is 0.259 e. The van der Waals surface area contributed by atoms with Gasteiger partial charge >= 0.3 is 0 Å². The minimum Gasteiger partial charge on any atom is -0.383 e. The SMILES string of the molecule is Nc1ncc(-c2cccnc2)cc1C(=O)Nc1ccc2[nH]ccc2c1.[HH].[HH].[HH].[HH]. The topological polar surface area (TPSA) is 96.7 Å². The first-order valence-electron chi connectivity index (χ1n) is 7.75. The lowest BCUT2D eigenvalue weighted by Gasteiger charge is -2.09. The molecule has 0 spiro atoms. The van der Waals surface area contributed by atoms with Gasteiger partial charge in [-0.05, 0) is 36.4 Å². The van der Waals surface area contributed by atoms with Crippen LogP contribution < -0.4 is 11.1 Å². The predicted octanol–water partition coefficient (Wildman–Crippen LogP) is 4.44. The third-order valence-electron chi connectivity index (χ3n) is 3.97. The van der Waals surface area contributed by atoms with Gasteiger partial charge in [0.05, 0.1) is 5.56 Å². The summed E-state index contributed by atoms with van der Waals surface area (Å²) in [5, 5.41) is 3.89. The van der Waals surface area contributed by atoms with Gasteiger partial charge in [0.2, 0.25) is 0 Å². The van der Waals surface area contributed by atoms with Gasteiger partial charge in [0.1, 0.15) is 5.82 Å². The van der Waals surface area contributed by atoms with Crippen molar-refractivity contribution in [3.8, 4) is 11.1 Å². The van der Waals surface area contributed by atoms with E-state index in [0.29, 0.717) is 11.3 Å². The summed E-state index contributed by atoms with van der Waals surface area (Å²) >= 11 is 0. The largest absolute Gasteiger partial charge is 0.383 e. The van der Waals surface area contributed by atoms with Gasteiger partial charge in [-0.1, -0.05) is 6.07 Å². The van der Waals surface area contributed by atoms with Crippen LogP contribution in [0.3, 0.4) is 0 Å². The fourth-order valence-corrected chi connectivity index (χ4v) is 2.68. The van der Waals surface area contributed by atoms with E-state index in [1.165, 1.54) is 0 Å². The van der Waals surface area contributed by atoms with E-state index in [1.807, 2.05) is 42.6 Å². The van der Waals surface area contributed by atoms with Gasteiger partial charge in [0.25, 0.3) is 5.91 Å². The van der Waals surface area contributed by atoms with Crippen molar-refractivity contribution < 1.29 is 10.5 Å². The van der Waals surface area contributed by atoms with Crippen LogP contribution in [0.15, 0.2) is 67.3 Å². The Morgan fingerprint density at radius 3 is 2.88 bits per heavy atom. The summed E-state index contributed by atoms with van der Waals surface area (Å²) < 4.78 is 0. The van der Waals surface area contributed by atoms with Crippen LogP contribution in [0.1, 0.15) is 16.1 Å². The molecule has 0 atom stereocenters. The zero-order chi connectivity index (χ0) is 17.2. The van der Waals surface area contributed by atoms with E-state index in [1.54, 1.807) is 24.7 Å². The number of fused-ring (bicyclic) bond motifs is 1. The number of nitrogens with zero attached hydrogens (tertiary/aromatic N) is 2. The number of carbonyl (C=O) groups excluding carboxylic acids is 1. The number of rotatable bonds is 3. The number of hydrogen-bond acceptors (Lipinski definition) is 4. The molecule has 0 saturated heterocycles. The summed E-state index contributed by atoms with van der Waals surface area (Å²) in [4.78, 5) is 24.0. The molecule has 6 nitrogen and oxygen atoms in total.